The Bertz CT molecular complexity index is 1030. The Morgan fingerprint density at radius 3 is 2.53 bits per heavy atom. The van der Waals surface area contributed by atoms with Gasteiger partial charge < -0.3 is 14.9 Å². The van der Waals surface area contributed by atoms with Gasteiger partial charge in [-0.2, -0.15) is 0 Å². The lowest BCUT2D eigenvalue weighted by Crippen LogP contribution is -2.17. The Labute approximate surface area is 176 Å². The van der Waals surface area contributed by atoms with Gasteiger partial charge in [0.25, 0.3) is 0 Å². The fraction of sp³-hybridized carbons (Fsp3) is 0.280. The van der Waals surface area contributed by atoms with E-state index < -0.39 is 6.61 Å². The molecule has 2 aromatic carbocycles. The predicted molar refractivity (Wildman–Crippen MR) is 117 cm³/mol. The van der Waals surface area contributed by atoms with Crippen molar-refractivity contribution >= 4 is 11.9 Å². The first-order chi connectivity index (χ1) is 14.5. The van der Waals surface area contributed by atoms with Crippen molar-refractivity contribution in [2.75, 3.05) is 6.61 Å². The maximum Gasteiger partial charge on any atom is 0.181 e. The number of aryl methyl sites for hydroxylation is 2. The van der Waals surface area contributed by atoms with Crippen molar-refractivity contribution in [3.63, 3.8) is 0 Å². The summed E-state index contributed by atoms with van der Waals surface area (Å²) in [4.78, 5) is 11.1. The molecule has 1 saturated carbocycles. The zero-order valence-electron chi connectivity index (χ0n) is 17.3. The van der Waals surface area contributed by atoms with Gasteiger partial charge >= 0.3 is 0 Å². The van der Waals surface area contributed by atoms with Crippen LogP contribution in [-0.2, 0) is 11.3 Å². The third-order valence-electron chi connectivity index (χ3n) is 5.62. The molecule has 1 aromatic heterocycles. The van der Waals surface area contributed by atoms with Crippen LogP contribution in [-0.4, -0.2) is 28.7 Å². The number of carbonyl (C=O) groups excluding carboxylic acids is 1. The number of aromatic nitrogens is 1. The number of benzene rings is 2. The molecule has 154 valence electrons. The fourth-order valence-corrected chi connectivity index (χ4v) is 3.82. The zero-order chi connectivity index (χ0) is 21.1. The van der Waals surface area contributed by atoms with Crippen LogP contribution in [0.2, 0.25) is 0 Å². The highest BCUT2D eigenvalue weighted by molar-refractivity contribution is 5.94. The molecule has 1 aliphatic rings. The zero-order valence-corrected chi connectivity index (χ0v) is 17.3. The number of aliphatic hydroxyl groups is 1. The van der Waals surface area contributed by atoms with Gasteiger partial charge in [-0.05, 0) is 48.6 Å². The van der Waals surface area contributed by atoms with Crippen LogP contribution >= 0.6 is 0 Å². The van der Waals surface area contributed by atoms with E-state index in [0.717, 1.165) is 41.1 Å². The van der Waals surface area contributed by atoms with E-state index in [9.17, 15) is 4.79 Å². The number of rotatable bonds is 8. The van der Waals surface area contributed by atoms with Crippen LogP contribution in [0.4, 0.5) is 0 Å². The lowest BCUT2D eigenvalue weighted by molar-refractivity contribution is -0.117. The first-order valence-electron chi connectivity index (χ1n) is 10.2. The number of nitrogens with one attached hydrogen (secondary N) is 1. The van der Waals surface area contributed by atoms with Gasteiger partial charge in [-0.1, -0.05) is 59.8 Å². The lowest BCUT2D eigenvalue weighted by Gasteiger charge is -2.06. The molecule has 1 aliphatic carbocycles. The molecule has 4 rings (SSSR count). The first-order valence-corrected chi connectivity index (χ1v) is 10.2. The van der Waals surface area contributed by atoms with Gasteiger partial charge in [0.05, 0.1) is 5.69 Å². The Kier molecular flexibility index (Phi) is 5.93. The Hall–Kier alpha value is -3.02. The van der Waals surface area contributed by atoms with E-state index in [-0.39, 0.29) is 5.78 Å². The highest BCUT2D eigenvalue weighted by Crippen LogP contribution is 2.41. The van der Waals surface area contributed by atoms with Crippen molar-refractivity contribution in [3.8, 4) is 11.1 Å². The van der Waals surface area contributed by atoms with E-state index in [1.807, 2.05) is 26.0 Å². The van der Waals surface area contributed by atoms with Gasteiger partial charge in [0.1, 0.15) is 12.4 Å². The molecule has 1 fully saturated rings. The molecule has 3 aromatic rings. The molecule has 2 unspecified atom stereocenters. The van der Waals surface area contributed by atoms with Crippen molar-refractivity contribution in [1.82, 2.24) is 10.5 Å². The van der Waals surface area contributed by atoms with Gasteiger partial charge in [0.2, 0.25) is 0 Å². The SMILES string of the molecule is Cc1noc(C)c1-c1ccc(C2CC2NCc2ccc(/C=C/C(=O)CO)cc2)cc1. The van der Waals surface area contributed by atoms with Gasteiger partial charge in [-0.25, -0.2) is 0 Å². The summed E-state index contributed by atoms with van der Waals surface area (Å²) in [5, 5.41) is 16.4. The molecule has 5 heteroatoms. The number of hydrogen-bond acceptors (Lipinski definition) is 5. The van der Waals surface area contributed by atoms with E-state index in [2.05, 4.69) is 46.9 Å². The number of nitrogens with zero attached hydrogens (tertiary/aromatic N) is 1. The van der Waals surface area contributed by atoms with Crippen LogP contribution in [0, 0.1) is 13.8 Å². The number of carbonyl (C=O) groups is 1. The van der Waals surface area contributed by atoms with Gasteiger partial charge in [-0.3, -0.25) is 4.79 Å². The maximum atomic E-state index is 11.1. The highest BCUT2D eigenvalue weighted by atomic mass is 16.5. The minimum Gasteiger partial charge on any atom is -0.388 e. The normalized spacial score (nSPS) is 18.1. The Morgan fingerprint density at radius 1 is 1.17 bits per heavy atom. The molecule has 1 heterocycles. The fourth-order valence-electron chi connectivity index (χ4n) is 3.82. The second-order valence-electron chi connectivity index (χ2n) is 7.85. The number of aliphatic hydroxyl groups excluding tert-OH is 1. The minimum absolute atomic E-state index is 0.291. The molecule has 0 aliphatic heterocycles. The average Bonchev–Trinajstić information content (AvgIpc) is 3.48. The molecule has 2 N–H and O–H groups in total. The number of hydrogen-bond donors (Lipinski definition) is 2. The summed E-state index contributed by atoms with van der Waals surface area (Å²) in [5.74, 6) is 1.11. The van der Waals surface area contributed by atoms with E-state index in [1.165, 1.54) is 17.2 Å². The summed E-state index contributed by atoms with van der Waals surface area (Å²) in [6.45, 7) is 4.28. The van der Waals surface area contributed by atoms with Gasteiger partial charge in [0, 0.05) is 24.1 Å². The largest absolute Gasteiger partial charge is 0.388 e. The average molecular weight is 402 g/mol. The van der Waals surface area contributed by atoms with Crippen molar-refractivity contribution in [2.45, 2.75) is 38.8 Å². The van der Waals surface area contributed by atoms with Crippen LogP contribution in [0.3, 0.4) is 0 Å². The van der Waals surface area contributed by atoms with Crippen molar-refractivity contribution < 1.29 is 14.4 Å². The van der Waals surface area contributed by atoms with Crippen LogP contribution in [0.15, 0.2) is 59.1 Å². The molecule has 0 saturated heterocycles. The molecule has 2 atom stereocenters. The van der Waals surface area contributed by atoms with E-state index >= 15 is 0 Å². The summed E-state index contributed by atoms with van der Waals surface area (Å²) in [7, 11) is 0. The number of ketones is 1. The highest BCUT2D eigenvalue weighted by Gasteiger charge is 2.37. The molecule has 5 nitrogen and oxygen atoms in total. The topological polar surface area (TPSA) is 75.4 Å². The first kappa shape index (κ1) is 20.3. The summed E-state index contributed by atoms with van der Waals surface area (Å²) in [6, 6.07) is 17.3. The second kappa shape index (κ2) is 8.78. The van der Waals surface area contributed by atoms with Crippen molar-refractivity contribution in [1.29, 1.82) is 0 Å². The minimum atomic E-state index is -0.455. The molecule has 30 heavy (non-hydrogen) atoms. The Morgan fingerprint density at radius 2 is 1.90 bits per heavy atom. The van der Waals surface area contributed by atoms with Crippen LogP contribution in [0.1, 0.15) is 40.5 Å². The molecule has 0 amide bonds. The molecule has 0 radical (unpaired) electrons. The predicted octanol–water partition coefficient (Wildman–Crippen LogP) is 4.18. The monoisotopic (exact) mass is 402 g/mol. The van der Waals surface area contributed by atoms with Gasteiger partial charge in [-0.15, -0.1) is 0 Å². The molecular formula is C25H26N2O3. The third kappa shape index (κ3) is 4.58. The van der Waals surface area contributed by atoms with Crippen molar-refractivity contribution in [2.24, 2.45) is 0 Å². The standard InChI is InChI=1S/C25H26N2O3/c1-16-25(17(2)30-27-16)21-10-8-20(9-11-21)23-13-24(23)26-14-19-5-3-18(4-6-19)7-12-22(29)15-28/h3-12,23-24,26,28H,13-15H2,1-2H3/b12-7+. The van der Waals surface area contributed by atoms with E-state index in [4.69, 9.17) is 9.63 Å². The summed E-state index contributed by atoms with van der Waals surface area (Å²) >= 11 is 0. The van der Waals surface area contributed by atoms with Crippen LogP contribution in [0.25, 0.3) is 17.2 Å². The quantitative estimate of drug-likeness (QED) is 0.553. The van der Waals surface area contributed by atoms with Gasteiger partial charge in [0.15, 0.2) is 5.78 Å². The summed E-state index contributed by atoms with van der Waals surface area (Å²) in [6.07, 6.45) is 4.27. The Balaban J connectivity index is 1.30. The molecule has 0 bridgehead atoms. The molecule has 0 spiro atoms. The summed E-state index contributed by atoms with van der Waals surface area (Å²) < 4.78 is 5.28. The van der Waals surface area contributed by atoms with E-state index in [0.29, 0.717) is 12.0 Å². The second-order valence-corrected chi connectivity index (χ2v) is 7.85. The third-order valence-corrected chi connectivity index (χ3v) is 5.62. The van der Waals surface area contributed by atoms with E-state index in [1.54, 1.807) is 6.08 Å². The lowest BCUT2D eigenvalue weighted by atomic mass is 10.0. The molecular weight excluding hydrogens is 376 g/mol. The van der Waals surface area contributed by atoms with Crippen LogP contribution in [0.5, 0.6) is 0 Å². The summed E-state index contributed by atoms with van der Waals surface area (Å²) in [5.41, 5.74) is 6.68. The van der Waals surface area contributed by atoms with Crippen molar-refractivity contribution in [3.05, 3.63) is 82.8 Å². The van der Waals surface area contributed by atoms with Crippen LogP contribution < -0.4 is 5.32 Å². The maximum absolute atomic E-state index is 11.1. The smallest absolute Gasteiger partial charge is 0.181 e.